The van der Waals surface area contributed by atoms with Crippen LogP contribution in [0, 0.1) is 0 Å². The fraction of sp³-hybridized carbons (Fsp3) is 0.444. The van der Waals surface area contributed by atoms with Gasteiger partial charge in [0.1, 0.15) is 0 Å². The van der Waals surface area contributed by atoms with Gasteiger partial charge in [0.25, 0.3) is 0 Å². The molecular weight excluding hydrogens is 136 g/mol. The van der Waals surface area contributed by atoms with Crippen molar-refractivity contribution in [2.24, 2.45) is 0 Å². The topological polar surface area (TPSA) is 24.9 Å². The SMILES string of the molecule is CCN[C@@H](C)c1ccncc1. The molecule has 0 aliphatic carbocycles. The Hall–Kier alpha value is -0.890. The molecule has 2 heteroatoms. The molecule has 2 nitrogen and oxygen atoms in total. The lowest BCUT2D eigenvalue weighted by atomic mass is 10.1. The first kappa shape index (κ1) is 8.21. The molecule has 1 aromatic heterocycles. The summed E-state index contributed by atoms with van der Waals surface area (Å²) in [4.78, 5) is 3.96. The highest BCUT2D eigenvalue weighted by Crippen LogP contribution is 2.08. The summed E-state index contributed by atoms with van der Waals surface area (Å²) in [5, 5.41) is 3.33. The molecule has 0 radical (unpaired) electrons. The van der Waals surface area contributed by atoms with Gasteiger partial charge in [0.15, 0.2) is 0 Å². The zero-order valence-electron chi connectivity index (χ0n) is 7.04. The predicted octanol–water partition coefficient (Wildman–Crippen LogP) is 1.75. The molecule has 0 amide bonds. The molecule has 0 saturated heterocycles. The Morgan fingerprint density at radius 3 is 2.64 bits per heavy atom. The second-order valence-electron chi connectivity index (χ2n) is 2.56. The van der Waals surface area contributed by atoms with Gasteiger partial charge in [0.05, 0.1) is 0 Å². The summed E-state index contributed by atoms with van der Waals surface area (Å²) in [6, 6.07) is 4.50. The molecule has 0 aliphatic heterocycles. The van der Waals surface area contributed by atoms with Crippen LogP contribution in [0.1, 0.15) is 25.5 Å². The standard InChI is InChI=1S/C9H14N2/c1-3-11-8(2)9-4-6-10-7-5-9/h4-8,11H,3H2,1-2H3/t8-/m0/s1. The zero-order chi connectivity index (χ0) is 8.10. The Morgan fingerprint density at radius 1 is 1.45 bits per heavy atom. The first-order valence-corrected chi connectivity index (χ1v) is 3.98. The summed E-state index contributed by atoms with van der Waals surface area (Å²) in [6.45, 7) is 5.26. The van der Waals surface area contributed by atoms with Crippen LogP contribution in [-0.2, 0) is 0 Å². The van der Waals surface area contributed by atoms with Gasteiger partial charge >= 0.3 is 0 Å². The van der Waals surface area contributed by atoms with E-state index in [4.69, 9.17) is 0 Å². The van der Waals surface area contributed by atoms with Crippen molar-refractivity contribution in [2.45, 2.75) is 19.9 Å². The average Bonchev–Trinajstić information content (AvgIpc) is 2.07. The Kier molecular flexibility index (Phi) is 3.05. The molecule has 1 N–H and O–H groups in total. The number of hydrogen-bond donors (Lipinski definition) is 1. The van der Waals surface area contributed by atoms with Crippen LogP contribution in [0.4, 0.5) is 0 Å². The van der Waals surface area contributed by atoms with E-state index in [2.05, 4.69) is 24.1 Å². The van der Waals surface area contributed by atoms with Crippen molar-refractivity contribution in [1.82, 2.24) is 10.3 Å². The van der Waals surface area contributed by atoms with E-state index in [9.17, 15) is 0 Å². The van der Waals surface area contributed by atoms with Crippen LogP contribution in [0.5, 0.6) is 0 Å². The lowest BCUT2D eigenvalue weighted by Gasteiger charge is -2.11. The van der Waals surface area contributed by atoms with Gasteiger partial charge in [-0.1, -0.05) is 6.92 Å². The molecule has 1 atom stereocenters. The van der Waals surface area contributed by atoms with Gasteiger partial charge in [0, 0.05) is 18.4 Å². The van der Waals surface area contributed by atoms with E-state index in [1.165, 1.54) is 5.56 Å². The van der Waals surface area contributed by atoms with E-state index >= 15 is 0 Å². The summed E-state index contributed by atoms with van der Waals surface area (Å²) in [5.41, 5.74) is 1.29. The maximum atomic E-state index is 3.96. The van der Waals surface area contributed by atoms with Crippen LogP contribution in [0.3, 0.4) is 0 Å². The summed E-state index contributed by atoms with van der Waals surface area (Å²) >= 11 is 0. The third-order valence-corrected chi connectivity index (χ3v) is 1.72. The first-order chi connectivity index (χ1) is 5.34. The normalized spacial score (nSPS) is 12.9. The molecule has 0 bridgehead atoms. The van der Waals surface area contributed by atoms with Gasteiger partial charge in [0.2, 0.25) is 0 Å². The van der Waals surface area contributed by atoms with E-state index < -0.39 is 0 Å². The van der Waals surface area contributed by atoms with Gasteiger partial charge in [-0.05, 0) is 31.2 Å². The van der Waals surface area contributed by atoms with E-state index in [1.807, 2.05) is 24.5 Å². The molecule has 1 heterocycles. The molecule has 0 unspecified atom stereocenters. The van der Waals surface area contributed by atoms with E-state index in [0.717, 1.165) is 6.54 Å². The quantitative estimate of drug-likeness (QED) is 0.710. The fourth-order valence-corrected chi connectivity index (χ4v) is 1.08. The Labute approximate surface area is 67.7 Å². The van der Waals surface area contributed by atoms with Gasteiger partial charge in [-0.15, -0.1) is 0 Å². The summed E-state index contributed by atoms with van der Waals surface area (Å²) < 4.78 is 0. The highest BCUT2D eigenvalue weighted by Gasteiger charge is 2.00. The number of nitrogens with zero attached hydrogens (tertiary/aromatic N) is 1. The van der Waals surface area contributed by atoms with Crippen molar-refractivity contribution >= 4 is 0 Å². The predicted molar refractivity (Wildman–Crippen MR) is 46.3 cm³/mol. The third kappa shape index (κ3) is 2.31. The summed E-state index contributed by atoms with van der Waals surface area (Å²) in [7, 11) is 0. The minimum absolute atomic E-state index is 0.433. The minimum Gasteiger partial charge on any atom is -0.310 e. The number of rotatable bonds is 3. The van der Waals surface area contributed by atoms with Crippen LogP contribution >= 0.6 is 0 Å². The largest absolute Gasteiger partial charge is 0.310 e. The number of aromatic nitrogens is 1. The highest BCUT2D eigenvalue weighted by molar-refractivity contribution is 5.13. The van der Waals surface area contributed by atoms with Gasteiger partial charge in [-0.3, -0.25) is 4.98 Å². The second kappa shape index (κ2) is 4.09. The zero-order valence-corrected chi connectivity index (χ0v) is 7.04. The smallest absolute Gasteiger partial charge is 0.0292 e. The van der Waals surface area contributed by atoms with Crippen LogP contribution in [-0.4, -0.2) is 11.5 Å². The van der Waals surface area contributed by atoms with Crippen LogP contribution in [0.25, 0.3) is 0 Å². The number of hydrogen-bond acceptors (Lipinski definition) is 2. The van der Waals surface area contributed by atoms with Gasteiger partial charge < -0.3 is 5.32 Å². The lowest BCUT2D eigenvalue weighted by Crippen LogP contribution is -2.17. The van der Waals surface area contributed by atoms with Crippen LogP contribution < -0.4 is 5.32 Å². The molecule has 0 spiro atoms. The summed E-state index contributed by atoms with van der Waals surface area (Å²) in [6.07, 6.45) is 3.65. The van der Waals surface area contributed by atoms with Crippen molar-refractivity contribution in [1.29, 1.82) is 0 Å². The maximum Gasteiger partial charge on any atom is 0.0292 e. The van der Waals surface area contributed by atoms with Crippen molar-refractivity contribution in [3.05, 3.63) is 30.1 Å². The minimum atomic E-state index is 0.433. The lowest BCUT2D eigenvalue weighted by molar-refractivity contribution is 0.597. The molecule has 60 valence electrons. The molecule has 0 fully saturated rings. The second-order valence-corrected chi connectivity index (χ2v) is 2.56. The Balaban J connectivity index is 2.61. The first-order valence-electron chi connectivity index (χ1n) is 3.98. The van der Waals surface area contributed by atoms with Crippen molar-refractivity contribution in [3.8, 4) is 0 Å². The monoisotopic (exact) mass is 150 g/mol. The van der Waals surface area contributed by atoms with Crippen molar-refractivity contribution < 1.29 is 0 Å². The van der Waals surface area contributed by atoms with Crippen molar-refractivity contribution in [3.63, 3.8) is 0 Å². The molecule has 0 aliphatic rings. The molecule has 11 heavy (non-hydrogen) atoms. The Morgan fingerprint density at radius 2 is 2.09 bits per heavy atom. The molecule has 0 saturated carbocycles. The van der Waals surface area contributed by atoms with Crippen molar-refractivity contribution in [2.75, 3.05) is 6.54 Å². The van der Waals surface area contributed by atoms with E-state index in [1.54, 1.807) is 0 Å². The molecule has 1 aromatic rings. The fourth-order valence-electron chi connectivity index (χ4n) is 1.08. The van der Waals surface area contributed by atoms with Crippen LogP contribution in [0.15, 0.2) is 24.5 Å². The molecular formula is C9H14N2. The molecule has 1 rings (SSSR count). The molecule has 0 aromatic carbocycles. The van der Waals surface area contributed by atoms with Gasteiger partial charge in [-0.2, -0.15) is 0 Å². The van der Waals surface area contributed by atoms with Crippen LogP contribution in [0.2, 0.25) is 0 Å². The van der Waals surface area contributed by atoms with E-state index in [-0.39, 0.29) is 0 Å². The Bertz CT molecular complexity index is 196. The van der Waals surface area contributed by atoms with E-state index in [0.29, 0.717) is 6.04 Å². The number of pyridine rings is 1. The third-order valence-electron chi connectivity index (χ3n) is 1.72. The van der Waals surface area contributed by atoms with Gasteiger partial charge in [-0.25, -0.2) is 0 Å². The average molecular weight is 150 g/mol. The maximum absolute atomic E-state index is 3.96. The highest BCUT2D eigenvalue weighted by atomic mass is 14.9. The summed E-state index contributed by atoms with van der Waals surface area (Å²) in [5.74, 6) is 0. The number of nitrogens with one attached hydrogen (secondary N) is 1.